The maximum Gasteiger partial charge on any atom is 0.0155 e. The van der Waals surface area contributed by atoms with E-state index < -0.39 is 0 Å². The van der Waals surface area contributed by atoms with Gasteiger partial charge >= 0.3 is 0 Å². The van der Waals surface area contributed by atoms with Crippen LogP contribution in [0, 0.1) is 11.8 Å². The van der Waals surface area contributed by atoms with Crippen LogP contribution in [0.5, 0.6) is 0 Å². The third-order valence-electron chi connectivity index (χ3n) is 6.47. The Morgan fingerprint density at radius 2 is 1.62 bits per heavy atom. The topological polar surface area (TPSA) is 0 Å². The van der Waals surface area contributed by atoms with Gasteiger partial charge < -0.3 is 0 Å². The average Bonchev–Trinajstić information content (AvgIpc) is 3.07. The molecule has 0 fully saturated rings. The van der Waals surface area contributed by atoms with E-state index in [0.29, 0.717) is 11.8 Å². The molecule has 0 amide bonds. The Hall–Kier alpha value is -2.60. The van der Waals surface area contributed by atoms with E-state index in [4.69, 9.17) is 0 Å². The standard InChI is InChI=1S/C26H24/c1-26(24-14-8-7-12-22(24)19-9-3-2-4-10-19)18-17-21-16-15-20-11-5-6-13-23(20)25(21)26/h2-16,20,23H,17-18H2,1H3. The highest BCUT2D eigenvalue weighted by Crippen LogP contribution is 2.54. The summed E-state index contributed by atoms with van der Waals surface area (Å²) in [4.78, 5) is 0. The van der Waals surface area contributed by atoms with Crippen molar-refractivity contribution in [2.24, 2.45) is 11.8 Å². The van der Waals surface area contributed by atoms with Crippen molar-refractivity contribution < 1.29 is 0 Å². The quantitative estimate of drug-likeness (QED) is 0.577. The van der Waals surface area contributed by atoms with E-state index in [-0.39, 0.29) is 5.41 Å². The number of rotatable bonds is 2. The molecular formula is C26H24. The molecule has 3 unspecified atom stereocenters. The molecule has 5 rings (SSSR count). The molecule has 0 aliphatic heterocycles. The smallest absolute Gasteiger partial charge is 0.0155 e. The van der Waals surface area contributed by atoms with Gasteiger partial charge in [-0.3, -0.25) is 0 Å². The number of fused-ring (bicyclic) bond motifs is 2. The molecule has 3 aliphatic rings. The summed E-state index contributed by atoms with van der Waals surface area (Å²) in [5.74, 6) is 1.02. The average molecular weight is 336 g/mol. The van der Waals surface area contributed by atoms with E-state index in [2.05, 4.69) is 98.0 Å². The summed E-state index contributed by atoms with van der Waals surface area (Å²) in [7, 11) is 0. The zero-order valence-electron chi connectivity index (χ0n) is 15.2. The predicted molar refractivity (Wildman–Crippen MR) is 110 cm³/mol. The van der Waals surface area contributed by atoms with Gasteiger partial charge in [-0.05, 0) is 40.7 Å². The van der Waals surface area contributed by atoms with Gasteiger partial charge in [0.25, 0.3) is 0 Å². The van der Waals surface area contributed by atoms with E-state index in [1.165, 1.54) is 29.5 Å². The monoisotopic (exact) mass is 336 g/mol. The minimum Gasteiger partial charge on any atom is -0.0767 e. The van der Waals surface area contributed by atoms with Crippen LogP contribution >= 0.6 is 0 Å². The Morgan fingerprint density at radius 1 is 0.846 bits per heavy atom. The van der Waals surface area contributed by atoms with Gasteiger partial charge in [0.15, 0.2) is 0 Å². The lowest BCUT2D eigenvalue weighted by Gasteiger charge is -2.38. The van der Waals surface area contributed by atoms with Crippen LogP contribution in [0.1, 0.15) is 25.3 Å². The molecule has 0 N–H and O–H groups in total. The van der Waals surface area contributed by atoms with Crippen LogP contribution in [0.25, 0.3) is 11.1 Å². The van der Waals surface area contributed by atoms with Crippen LogP contribution in [0.3, 0.4) is 0 Å². The second-order valence-electron chi connectivity index (χ2n) is 7.91. The van der Waals surface area contributed by atoms with Crippen LogP contribution in [-0.4, -0.2) is 0 Å². The second-order valence-corrected chi connectivity index (χ2v) is 7.91. The third kappa shape index (κ3) is 2.29. The van der Waals surface area contributed by atoms with E-state index in [0.717, 1.165) is 0 Å². The number of hydrogen-bond donors (Lipinski definition) is 0. The minimum atomic E-state index is 0.102. The van der Waals surface area contributed by atoms with Crippen LogP contribution < -0.4 is 0 Å². The molecule has 0 spiro atoms. The first kappa shape index (κ1) is 15.6. The van der Waals surface area contributed by atoms with Gasteiger partial charge in [0.05, 0.1) is 0 Å². The van der Waals surface area contributed by atoms with Crippen LogP contribution in [0.4, 0.5) is 0 Å². The predicted octanol–water partition coefficient (Wildman–Crippen LogP) is 6.63. The van der Waals surface area contributed by atoms with Gasteiger partial charge in [0, 0.05) is 17.3 Å². The highest BCUT2D eigenvalue weighted by atomic mass is 14.5. The van der Waals surface area contributed by atoms with Crippen LogP contribution in [-0.2, 0) is 5.41 Å². The summed E-state index contributed by atoms with van der Waals surface area (Å²) in [6.45, 7) is 2.47. The Labute approximate surface area is 156 Å². The molecule has 0 bridgehead atoms. The lowest BCUT2D eigenvalue weighted by atomic mass is 9.65. The van der Waals surface area contributed by atoms with Crippen LogP contribution in [0.15, 0.2) is 102 Å². The van der Waals surface area contributed by atoms with Gasteiger partial charge in [-0.25, -0.2) is 0 Å². The van der Waals surface area contributed by atoms with Gasteiger partial charge in [-0.2, -0.15) is 0 Å². The number of allylic oxidation sites excluding steroid dienone is 8. The van der Waals surface area contributed by atoms with E-state index in [1.807, 2.05) is 0 Å². The Kier molecular flexibility index (Phi) is 3.60. The first-order valence-corrected chi connectivity index (χ1v) is 9.69. The SMILES string of the molecule is CC1(c2ccccc2-c2ccccc2)CCC2=C1C1C=CC=CC1C=C2. The van der Waals surface area contributed by atoms with Crippen molar-refractivity contribution in [3.05, 3.63) is 108 Å². The molecule has 3 aliphatic carbocycles. The fourth-order valence-corrected chi connectivity index (χ4v) is 5.20. The molecule has 2 aromatic rings. The van der Waals surface area contributed by atoms with Crippen molar-refractivity contribution in [1.82, 2.24) is 0 Å². The summed E-state index contributed by atoms with van der Waals surface area (Å²) >= 11 is 0. The lowest BCUT2D eigenvalue weighted by Crippen LogP contribution is -2.30. The number of benzene rings is 2. The van der Waals surface area contributed by atoms with Crippen molar-refractivity contribution in [3.63, 3.8) is 0 Å². The fourth-order valence-electron chi connectivity index (χ4n) is 5.20. The molecule has 0 radical (unpaired) electrons. The minimum absolute atomic E-state index is 0.102. The molecule has 128 valence electrons. The molecule has 2 aromatic carbocycles. The van der Waals surface area contributed by atoms with Crippen molar-refractivity contribution >= 4 is 0 Å². The molecule has 0 saturated heterocycles. The largest absolute Gasteiger partial charge is 0.0767 e. The van der Waals surface area contributed by atoms with Crippen molar-refractivity contribution in [2.45, 2.75) is 25.2 Å². The van der Waals surface area contributed by atoms with Gasteiger partial charge in [0.1, 0.15) is 0 Å². The zero-order chi connectivity index (χ0) is 17.6. The molecule has 3 atom stereocenters. The first-order valence-electron chi connectivity index (χ1n) is 9.69. The van der Waals surface area contributed by atoms with E-state index in [9.17, 15) is 0 Å². The lowest BCUT2D eigenvalue weighted by molar-refractivity contribution is 0.475. The third-order valence-corrected chi connectivity index (χ3v) is 6.47. The molecule has 0 heteroatoms. The molecule has 0 aromatic heterocycles. The molecule has 26 heavy (non-hydrogen) atoms. The maximum atomic E-state index is 2.47. The summed E-state index contributed by atoms with van der Waals surface area (Å²) < 4.78 is 0. The fraction of sp³-hybridized carbons (Fsp3) is 0.231. The Bertz CT molecular complexity index is 955. The van der Waals surface area contributed by atoms with Gasteiger partial charge in [-0.1, -0.05) is 98.0 Å². The highest BCUT2D eigenvalue weighted by Gasteiger charge is 2.44. The van der Waals surface area contributed by atoms with Gasteiger partial charge in [-0.15, -0.1) is 0 Å². The molecule has 0 saturated carbocycles. The maximum absolute atomic E-state index is 2.47. The first-order chi connectivity index (χ1) is 12.8. The van der Waals surface area contributed by atoms with Crippen molar-refractivity contribution in [3.8, 4) is 11.1 Å². The van der Waals surface area contributed by atoms with Gasteiger partial charge in [0.2, 0.25) is 0 Å². The Morgan fingerprint density at radius 3 is 2.50 bits per heavy atom. The molecular weight excluding hydrogens is 312 g/mol. The summed E-state index contributed by atoms with van der Waals surface area (Å²) in [5.41, 5.74) is 7.50. The Balaban J connectivity index is 1.68. The second kappa shape index (κ2) is 5.99. The molecule has 0 heterocycles. The molecule has 0 nitrogen and oxygen atoms in total. The van der Waals surface area contributed by atoms with Crippen molar-refractivity contribution in [2.75, 3.05) is 0 Å². The van der Waals surface area contributed by atoms with Crippen LogP contribution in [0.2, 0.25) is 0 Å². The van der Waals surface area contributed by atoms with E-state index in [1.54, 1.807) is 11.1 Å². The summed E-state index contributed by atoms with van der Waals surface area (Å²) in [5, 5.41) is 0. The summed E-state index contributed by atoms with van der Waals surface area (Å²) in [6.07, 6.45) is 16.4. The highest BCUT2D eigenvalue weighted by molar-refractivity contribution is 5.71. The summed E-state index contributed by atoms with van der Waals surface area (Å²) in [6, 6.07) is 19.9. The van der Waals surface area contributed by atoms with E-state index >= 15 is 0 Å². The van der Waals surface area contributed by atoms with Crippen molar-refractivity contribution in [1.29, 1.82) is 0 Å². The number of hydrogen-bond acceptors (Lipinski definition) is 0. The normalized spacial score (nSPS) is 29.0. The zero-order valence-corrected chi connectivity index (χ0v) is 15.2.